The molecular weight excluding hydrogens is 288 g/mol. The van der Waals surface area contributed by atoms with Crippen LogP contribution in [0.2, 0.25) is 0 Å². The van der Waals surface area contributed by atoms with E-state index >= 15 is 0 Å². The van der Waals surface area contributed by atoms with Gasteiger partial charge >= 0.3 is 5.69 Å². The SMILES string of the molecule is CCCn1c(SCC(=O)N2[C@H](C)CCC[C@@H]2C)n[nH]c1=O. The van der Waals surface area contributed by atoms with E-state index in [9.17, 15) is 9.59 Å². The lowest BCUT2D eigenvalue weighted by atomic mass is 9.98. The Bertz CT molecular complexity index is 529. The zero-order valence-corrected chi connectivity index (χ0v) is 13.8. The van der Waals surface area contributed by atoms with Crippen molar-refractivity contribution in [2.45, 2.75) is 70.2 Å². The quantitative estimate of drug-likeness (QED) is 0.843. The summed E-state index contributed by atoms with van der Waals surface area (Å²) in [6.45, 7) is 6.86. The fraction of sp³-hybridized carbons (Fsp3) is 0.786. The van der Waals surface area contributed by atoms with E-state index in [1.54, 1.807) is 4.57 Å². The van der Waals surface area contributed by atoms with Crippen LogP contribution in [0.3, 0.4) is 0 Å². The standard InChI is InChI=1S/C14H24N4O2S/c1-4-8-17-13(20)15-16-14(17)21-9-12(19)18-10(2)6-5-7-11(18)3/h10-11H,4-9H2,1-3H3,(H,15,20)/t10-,11+. The minimum Gasteiger partial charge on any atom is -0.337 e. The lowest BCUT2D eigenvalue weighted by Crippen LogP contribution is -2.48. The molecular formula is C14H24N4O2S. The van der Waals surface area contributed by atoms with Crippen LogP contribution in [0, 0.1) is 0 Å². The van der Waals surface area contributed by atoms with Gasteiger partial charge in [0.2, 0.25) is 5.91 Å². The van der Waals surface area contributed by atoms with E-state index in [0.29, 0.717) is 29.5 Å². The van der Waals surface area contributed by atoms with E-state index in [0.717, 1.165) is 19.3 Å². The van der Waals surface area contributed by atoms with Gasteiger partial charge in [-0.1, -0.05) is 18.7 Å². The molecule has 2 heterocycles. The van der Waals surface area contributed by atoms with E-state index in [-0.39, 0.29) is 11.6 Å². The van der Waals surface area contributed by atoms with Gasteiger partial charge in [-0.25, -0.2) is 9.89 Å². The van der Waals surface area contributed by atoms with Crippen molar-refractivity contribution in [3.8, 4) is 0 Å². The van der Waals surface area contributed by atoms with Crippen LogP contribution in [0.1, 0.15) is 46.5 Å². The lowest BCUT2D eigenvalue weighted by Gasteiger charge is -2.39. The third kappa shape index (κ3) is 3.70. The first-order valence-electron chi connectivity index (χ1n) is 7.63. The summed E-state index contributed by atoms with van der Waals surface area (Å²) in [4.78, 5) is 26.1. The highest BCUT2D eigenvalue weighted by atomic mass is 32.2. The first-order valence-corrected chi connectivity index (χ1v) is 8.62. The van der Waals surface area contributed by atoms with Crippen molar-refractivity contribution >= 4 is 17.7 Å². The van der Waals surface area contributed by atoms with Crippen molar-refractivity contribution in [1.82, 2.24) is 19.7 Å². The number of thioether (sulfide) groups is 1. The number of aromatic amines is 1. The molecule has 0 saturated carbocycles. The maximum Gasteiger partial charge on any atom is 0.343 e. The molecule has 1 aliphatic heterocycles. The third-order valence-corrected chi connectivity index (χ3v) is 4.94. The molecule has 1 aliphatic rings. The van der Waals surface area contributed by atoms with Crippen molar-refractivity contribution in [3.05, 3.63) is 10.5 Å². The molecule has 118 valence electrons. The summed E-state index contributed by atoms with van der Waals surface area (Å²) in [6, 6.07) is 0.609. The molecule has 1 saturated heterocycles. The van der Waals surface area contributed by atoms with Crippen molar-refractivity contribution in [1.29, 1.82) is 0 Å². The summed E-state index contributed by atoms with van der Waals surface area (Å²) in [5.74, 6) is 0.473. The Hall–Kier alpha value is -1.24. The second kappa shape index (κ2) is 7.15. The summed E-state index contributed by atoms with van der Waals surface area (Å²) in [5, 5.41) is 7.07. The number of carbonyl (C=O) groups is 1. The molecule has 0 aromatic carbocycles. The minimum absolute atomic E-state index is 0.137. The van der Waals surface area contributed by atoms with Gasteiger partial charge in [-0.3, -0.25) is 9.36 Å². The van der Waals surface area contributed by atoms with Crippen molar-refractivity contribution < 1.29 is 4.79 Å². The van der Waals surface area contributed by atoms with Crippen LogP contribution in [0.4, 0.5) is 0 Å². The summed E-state index contributed by atoms with van der Waals surface area (Å²) in [7, 11) is 0. The Morgan fingerprint density at radius 3 is 2.67 bits per heavy atom. The molecule has 0 bridgehead atoms. The normalized spacial score (nSPS) is 22.5. The largest absolute Gasteiger partial charge is 0.343 e. The van der Waals surface area contributed by atoms with Gasteiger partial charge in [0.25, 0.3) is 0 Å². The fourth-order valence-electron chi connectivity index (χ4n) is 2.95. The molecule has 1 fully saturated rings. The van der Waals surface area contributed by atoms with E-state index < -0.39 is 0 Å². The van der Waals surface area contributed by atoms with Crippen molar-refractivity contribution in [2.75, 3.05) is 5.75 Å². The van der Waals surface area contributed by atoms with Gasteiger partial charge in [0.1, 0.15) is 0 Å². The summed E-state index contributed by atoms with van der Waals surface area (Å²) >= 11 is 1.34. The van der Waals surface area contributed by atoms with E-state index in [2.05, 4.69) is 24.0 Å². The fourth-order valence-corrected chi connectivity index (χ4v) is 3.79. The molecule has 2 atom stereocenters. The minimum atomic E-state index is -0.202. The monoisotopic (exact) mass is 312 g/mol. The molecule has 0 radical (unpaired) electrons. The van der Waals surface area contributed by atoms with Gasteiger partial charge in [0, 0.05) is 18.6 Å². The lowest BCUT2D eigenvalue weighted by molar-refractivity contribution is -0.134. The molecule has 0 aliphatic carbocycles. The van der Waals surface area contributed by atoms with E-state index in [1.165, 1.54) is 18.2 Å². The molecule has 1 aromatic rings. The molecule has 21 heavy (non-hydrogen) atoms. The predicted octanol–water partition coefficient (Wildman–Crippen LogP) is 1.86. The number of amides is 1. The number of piperidine rings is 1. The van der Waals surface area contributed by atoms with Crippen LogP contribution in [0.15, 0.2) is 9.95 Å². The summed E-state index contributed by atoms with van der Waals surface area (Å²) in [6.07, 6.45) is 4.20. The predicted molar refractivity (Wildman–Crippen MR) is 83.5 cm³/mol. The molecule has 7 heteroatoms. The first-order chi connectivity index (χ1) is 10.0. The van der Waals surface area contributed by atoms with Gasteiger partial charge in [-0.15, -0.1) is 5.10 Å². The number of nitrogens with zero attached hydrogens (tertiary/aromatic N) is 3. The zero-order valence-electron chi connectivity index (χ0n) is 13.0. The second-order valence-electron chi connectivity index (χ2n) is 5.68. The van der Waals surface area contributed by atoms with Gasteiger partial charge in [-0.2, -0.15) is 0 Å². The Morgan fingerprint density at radius 1 is 1.38 bits per heavy atom. The van der Waals surface area contributed by atoms with Crippen LogP contribution in [-0.4, -0.2) is 43.4 Å². The summed E-state index contributed by atoms with van der Waals surface area (Å²) in [5.41, 5.74) is -0.202. The average Bonchev–Trinajstić information content (AvgIpc) is 2.78. The number of rotatable bonds is 5. The maximum absolute atomic E-state index is 12.4. The van der Waals surface area contributed by atoms with Crippen molar-refractivity contribution in [3.63, 3.8) is 0 Å². The molecule has 6 nitrogen and oxygen atoms in total. The summed E-state index contributed by atoms with van der Waals surface area (Å²) < 4.78 is 1.60. The van der Waals surface area contributed by atoms with E-state index in [1.807, 2.05) is 11.8 Å². The molecule has 0 spiro atoms. The first kappa shape index (κ1) is 16.1. The topological polar surface area (TPSA) is 71.0 Å². The Morgan fingerprint density at radius 2 is 2.05 bits per heavy atom. The molecule has 1 N–H and O–H groups in total. The number of hydrogen-bond acceptors (Lipinski definition) is 4. The molecule has 1 amide bonds. The highest BCUT2D eigenvalue weighted by Crippen LogP contribution is 2.24. The van der Waals surface area contributed by atoms with Crippen molar-refractivity contribution in [2.24, 2.45) is 0 Å². The highest BCUT2D eigenvalue weighted by molar-refractivity contribution is 7.99. The smallest absolute Gasteiger partial charge is 0.337 e. The highest BCUT2D eigenvalue weighted by Gasteiger charge is 2.28. The molecule has 1 aromatic heterocycles. The van der Waals surface area contributed by atoms with Gasteiger partial charge in [-0.05, 0) is 39.5 Å². The number of aromatic nitrogens is 3. The van der Waals surface area contributed by atoms with Crippen LogP contribution < -0.4 is 5.69 Å². The number of nitrogens with one attached hydrogen (secondary N) is 1. The maximum atomic E-state index is 12.4. The van der Waals surface area contributed by atoms with Gasteiger partial charge in [0.05, 0.1) is 5.75 Å². The van der Waals surface area contributed by atoms with Crippen LogP contribution in [0.5, 0.6) is 0 Å². The average molecular weight is 312 g/mol. The Labute approximate surface area is 129 Å². The number of H-pyrrole nitrogens is 1. The van der Waals surface area contributed by atoms with E-state index in [4.69, 9.17) is 0 Å². The number of hydrogen-bond donors (Lipinski definition) is 1. The zero-order chi connectivity index (χ0) is 15.4. The molecule has 2 rings (SSSR count). The molecule has 0 unspecified atom stereocenters. The van der Waals surface area contributed by atoms with Gasteiger partial charge in [0.15, 0.2) is 5.16 Å². The number of likely N-dealkylation sites (tertiary alicyclic amines) is 1. The van der Waals surface area contributed by atoms with Crippen LogP contribution in [0.25, 0.3) is 0 Å². The third-order valence-electron chi connectivity index (χ3n) is 3.98. The van der Waals surface area contributed by atoms with Crippen LogP contribution in [-0.2, 0) is 11.3 Å². The van der Waals surface area contributed by atoms with Gasteiger partial charge < -0.3 is 4.90 Å². The second-order valence-corrected chi connectivity index (χ2v) is 6.62. The number of carbonyl (C=O) groups excluding carboxylic acids is 1. The van der Waals surface area contributed by atoms with Crippen LogP contribution >= 0.6 is 11.8 Å². The Balaban J connectivity index is 1.99. The Kier molecular flexibility index (Phi) is 5.50.